The van der Waals surface area contributed by atoms with Gasteiger partial charge in [0, 0.05) is 13.7 Å². The van der Waals surface area contributed by atoms with Crippen molar-refractivity contribution in [3.8, 4) is 0 Å². The van der Waals surface area contributed by atoms with Crippen molar-refractivity contribution < 1.29 is 9.15 Å². The molecule has 0 radical (unpaired) electrons. The van der Waals surface area contributed by atoms with Crippen LogP contribution in [0, 0.1) is 0 Å². The minimum Gasteiger partial charge on any atom is -0.407 e. The Bertz CT molecular complexity index is 354. The van der Waals surface area contributed by atoms with Crippen LogP contribution in [-0.2, 0) is 11.3 Å². The highest BCUT2D eigenvalue weighted by atomic mass is 16.5. The van der Waals surface area contributed by atoms with Crippen molar-refractivity contribution in [2.75, 3.05) is 25.1 Å². The summed E-state index contributed by atoms with van der Waals surface area (Å²) in [4.78, 5) is 2.05. The predicted octanol–water partition coefficient (Wildman–Crippen LogP) is 0.534. The maximum atomic E-state index is 5.51. The molecule has 1 aromatic rings. The monoisotopic (exact) mass is 226 g/mol. The van der Waals surface area contributed by atoms with Crippen LogP contribution in [0.2, 0.25) is 0 Å². The van der Waals surface area contributed by atoms with Gasteiger partial charge in [-0.1, -0.05) is 5.10 Å². The van der Waals surface area contributed by atoms with Gasteiger partial charge in [0.25, 0.3) is 0 Å². The fourth-order valence-electron chi connectivity index (χ4n) is 1.99. The molecule has 0 spiro atoms. The molecule has 90 valence electrons. The number of anilines is 1. The second kappa shape index (κ2) is 4.39. The number of methoxy groups -OCH3 is 1. The van der Waals surface area contributed by atoms with Crippen LogP contribution in [0.15, 0.2) is 4.42 Å². The number of aromatic nitrogens is 2. The Kier molecular flexibility index (Phi) is 3.11. The van der Waals surface area contributed by atoms with E-state index in [0.29, 0.717) is 11.9 Å². The van der Waals surface area contributed by atoms with Crippen molar-refractivity contribution in [1.82, 2.24) is 10.2 Å². The fraction of sp³-hybridized carbons (Fsp3) is 0.800. The Morgan fingerprint density at radius 3 is 3.00 bits per heavy atom. The molecule has 1 unspecified atom stereocenters. The quantitative estimate of drug-likeness (QED) is 0.810. The van der Waals surface area contributed by atoms with E-state index < -0.39 is 0 Å². The minimum atomic E-state index is -0.129. The molecule has 2 heterocycles. The first-order valence-corrected chi connectivity index (χ1v) is 5.49. The first-order valence-electron chi connectivity index (χ1n) is 5.49. The topological polar surface area (TPSA) is 77.4 Å². The van der Waals surface area contributed by atoms with Gasteiger partial charge in [-0.15, -0.1) is 5.10 Å². The lowest BCUT2D eigenvalue weighted by Gasteiger charge is -2.38. The molecule has 2 rings (SSSR count). The second-order valence-corrected chi connectivity index (χ2v) is 4.36. The van der Waals surface area contributed by atoms with Crippen LogP contribution < -0.4 is 10.6 Å². The highest BCUT2D eigenvalue weighted by Crippen LogP contribution is 2.27. The fourth-order valence-corrected chi connectivity index (χ4v) is 1.99. The highest BCUT2D eigenvalue weighted by Gasteiger charge is 2.32. The largest absolute Gasteiger partial charge is 0.407 e. The van der Waals surface area contributed by atoms with Gasteiger partial charge in [-0.2, -0.15) is 0 Å². The van der Waals surface area contributed by atoms with Gasteiger partial charge >= 0.3 is 6.01 Å². The van der Waals surface area contributed by atoms with Gasteiger partial charge < -0.3 is 19.8 Å². The Morgan fingerprint density at radius 2 is 2.38 bits per heavy atom. The number of rotatable bonds is 3. The Hall–Kier alpha value is -1.14. The summed E-state index contributed by atoms with van der Waals surface area (Å²) in [5, 5.41) is 7.84. The number of hydrogen-bond donors (Lipinski definition) is 1. The van der Waals surface area contributed by atoms with E-state index in [1.54, 1.807) is 7.11 Å². The summed E-state index contributed by atoms with van der Waals surface area (Å²) in [6, 6.07) is 0.545. The van der Waals surface area contributed by atoms with Gasteiger partial charge in [-0.25, -0.2) is 0 Å². The molecule has 1 aliphatic rings. The summed E-state index contributed by atoms with van der Waals surface area (Å²) in [7, 11) is 1.74. The molecule has 0 aliphatic carbocycles. The second-order valence-electron chi connectivity index (χ2n) is 4.36. The smallest absolute Gasteiger partial charge is 0.318 e. The van der Waals surface area contributed by atoms with E-state index in [0.717, 1.165) is 25.9 Å². The van der Waals surface area contributed by atoms with Gasteiger partial charge in [-0.05, 0) is 19.8 Å². The number of piperidine rings is 1. The number of nitrogens with zero attached hydrogens (tertiary/aromatic N) is 3. The predicted molar refractivity (Wildman–Crippen MR) is 59.1 cm³/mol. The Labute approximate surface area is 94.8 Å². The number of hydrogen-bond acceptors (Lipinski definition) is 6. The van der Waals surface area contributed by atoms with Crippen molar-refractivity contribution in [1.29, 1.82) is 0 Å². The average Bonchev–Trinajstić information content (AvgIpc) is 2.78. The normalized spacial score (nSPS) is 26.1. The van der Waals surface area contributed by atoms with Crippen LogP contribution in [0.5, 0.6) is 0 Å². The van der Waals surface area contributed by atoms with E-state index in [9.17, 15) is 0 Å². The molecule has 2 N–H and O–H groups in total. The van der Waals surface area contributed by atoms with Crippen molar-refractivity contribution in [3.63, 3.8) is 0 Å². The van der Waals surface area contributed by atoms with Gasteiger partial charge in [0.2, 0.25) is 5.89 Å². The first-order chi connectivity index (χ1) is 7.67. The lowest BCUT2D eigenvalue weighted by Crippen LogP contribution is -2.47. The van der Waals surface area contributed by atoms with E-state index in [-0.39, 0.29) is 12.1 Å². The van der Waals surface area contributed by atoms with E-state index in [4.69, 9.17) is 14.9 Å². The summed E-state index contributed by atoms with van der Waals surface area (Å²) in [5.74, 6) is 0.472. The molecule has 1 aliphatic heterocycles. The zero-order valence-corrected chi connectivity index (χ0v) is 9.77. The zero-order valence-electron chi connectivity index (χ0n) is 9.77. The third-order valence-electron chi connectivity index (χ3n) is 3.05. The van der Waals surface area contributed by atoms with Crippen molar-refractivity contribution in [3.05, 3.63) is 5.89 Å². The summed E-state index contributed by atoms with van der Waals surface area (Å²) >= 11 is 0. The van der Waals surface area contributed by atoms with Crippen LogP contribution in [0.1, 0.15) is 25.7 Å². The van der Waals surface area contributed by atoms with E-state index in [1.807, 2.05) is 0 Å². The van der Waals surface area contributed by atoms with Crippen LogP contribution in [0.4, 0.5) is 6.01 Å². The molecule has 0 amide bonds. The molecule has 0 saturated carbocycles. The van der Waals surface area contributed by atoms with Crippen LogP contribution in [0.25, 0.3) is 0 Å². The number of ether oxygens (including phenoxy) is 1. The van der Waals surface area contributed by atoms with Crippen molar-refractivity contribution in [2.24, 2.45) is 5.73 Å². The van der Waals surface area contributed by atoms with E-state index in [2.05, 4.69) is 22.0 Å². The van der Waals surface area contributed by atoms with Gasteiger partial charge in [0.1, 0.15) is 0 Å². The van der Waals surface area contributed by atoms with E-state index >= 15 is 0 Å². The summed E-state index contributed by atoms with van der Waals surface area (Å²) < 4.78 is 10.9. The standard InChI is InChI=1S/C10H18N4O2/c1-10(15-2)4-3-5-14(7-10)9-13-12-8(6-11)16-9/h3-7,11H2,1-2H3. The lowest BCUT2D eigenvalue weighted by atomic mass is 9.95. The van der Waals surface area contributed by atoms with Crippen molar-refractivity contribution in [2.45, 2.75) is 31.9 Å². The molecule has 6 heteroatoms. The lowest BCUT2D eigenvalue weighted by molar-refractivity contribution is -0.00568. The molecule has 0 bridgehead atoms. The molecule has 1 saturated heterocycles. The minimum absolute atomic E-state index is 0.129. The highest BCUT2D eigenvalue weighted by molar-refractivity contribution is 5.26. The molecular weight excluding hydrogens is 208 g/mol. The van der Waals surface area contributed by atoms with Gasteiger partial charge in [0.05, 0.1) is 18.7 Å². The maximum Gasteiger partial charge on any atom is 0.318 e. The van der Waals surface area contributed by atoms with Crippen molar-refractivity contribution >= 4 is 6.01 Å². The van der Waals surface area contributed by atoms with Crippen LogP contribution >= 0.6 is 0 Å². The molecule has 1 fully saturated rings. The average molecular weight is 226 g/mol. The SMILES string of the molecule is COC1(C)CCCN(c2nnc(CN)o2)C1. The van der Waals surface area contributed by atoms with E-state index in [1.165, 1.54) is 0 Å². The number of nitrogens with two attached hydrogens (primary N) is 1. The summed E-state index contributed by atoms with van der Waals surface area (Å²) in [6.45, 7) is 4.07. The van der Waals surface area contributed by atoms with Crippen LogP contribution in [-0.4, -0.2) is 36.0 Å². The summed E-state index contributed by atoms with van der Waals surface area (Å²) in [5.41, 5.74) is 5.30. The van der Waals surface area contributed by atoms with Gasteiger partial charge in [-0.3, -0.25) is 0 Å². The molecule has 6 nitrogen and oxygen atoms in total. The Balaban J connectivity index is 2.09. The maximum absolute atomic E-state index is 5.51. The van der Waals surface area contributed by atoms with Gasteiger partial charge in [0.15, 0.2) is 0 Å². The zero-order chi connectivity index (χ0) is 11.6. The third kappa shape index (κ3) is 2.17. The third-order valence-corrected chi connectivity index (χ3v) is 3.05. The molecule has 1 aromatic heterocycles. The Morgan fingerprint density at radius 1 is 1.56 bits per heavy atom. The van der Waals surface area contributed by atoms with Crippen LogP contribution in [0.3, 0.4) is 0 Å². The molecule has 0 aromatic carbocycles. The molecule has 1 atom stereocenters. The molecular formula is C10H18N4O2. The summed E-state index contributed by atoms with van der Waals surface area (Å²) in [6.07, 6.45) is 2.11. The molecule has 16 heavy (non-hydrogen) atoms. The first kappa shape index (κ1) is 11.3.